The smallest absolute Gasteiger partial charge is 0.407 e. The summed E-state index contributed by atoms with van der Waals surface area (Å²) in [6, 6.07) is 5.29. The van der Waals surface area contributed by atoms with Crippen LogP contribution in [0.15, 0.2) is 24.3 Å². The Hall–Kier alpha value is -2.64. The lowest BCUT2D eigenvalue weighted by Gasteiger charge is -2.19. The summed E-state index contributed by atoms with van der Waals surface area (Å²) in [5.41, 5.74) is 0.567. The number of ether oxygens (including phenoxy) is 1. The number of non-ortho nitro benzene ring substituents is 1. The van der Waals surface area contributed by atoms with E-state index in [9.17, 15) is 19.7 Å². The van der Waals surface area contributed by atoms with Gasteiger partial charge in [-0.05, 0) is 17.9 Å². The van der Waals surface area contributed by atoms with Crippen molar-refractivity contribution >= 4 is 17.7 Å². The number of methoxy groups -OCH3 is 1. The van der Waals surface area contributed by atoms with E-state index in [0.29, 0.717) is 12.0 Å². The molecule has 0 bridgehead atoms. The van der Waals surface area contributed by atoms with Gasteiger partial charge in [-0.25, -0.2) is 4.79 Å². The highest BCUT2D eigenvalue weighted by atomic mass is 16.6. The molecule has 0 saturated carbocycles. The Bertz CT molecular complexity index is 574. The van der Waals surface area contributed by atoms with Crippen LogP contribution in [0.2, 0.25) is 0 Å². The molecular formula is C15H21N3O5. The maximum atomic E-state index is 12.2. The molecule has 8 nitrogen and oxygen atoms in total. The summed E-state index contributed by atoms with van der Waals surface area (Å²) in [5.74, 6) is -0.170. The highest BCUT2D eigenvalue weighted by Crippen LogP contribution is 2.13. The number of hydrogen-bond donors (Lipinski definition) is 2. The van der Waals surface area contributed by atoms with Crippen LogP contribution in [0.4, 0.5) is 10.5 Å². The lowest BCUT2D eigenvalue weighted by molar-refractivity contribution is -0.384. The molecule has 0 saturated heterocycles. The topological polar surface area (TPSA) is 111 Å². The zero-order valence-corrected chi connectivity index (χ0v) is 13.4. The van der Waals surface area contributed by atoms with E-state index in [0.717, 1.165) is 0 Å². The number of nitrogens with zero attached hydrogens (tertiary/aromatic N) is 1. The molecule has 0 radical (unpaired) electrons. The van der Waals surface area contributed by atoms with Crippen LogP contribution >= 0.6 is 0 Å². The molecule has 1 rings (SSSR count). The van der Waals surface area contributed by atoms with Crippen molar-refractivity contribution in [2.45, 2.75) is 32.9 Å². The monoisotopic (exact) mass is 323 g/mol. The molecule has 1 unspecified atom stereocenters. The third-order valence-corrected chi connectivity index (χ3v) is 3.09. The van der Waals surface area contributed by atoms with Crippen molar-refractivity contribution < 1.29 is 19.2 Å². The fraction of sp³-hybridized carbons (Fsp3) is 0.467. The van der Waals surface area contributed by atoms with Crippen molar-refractivity contribution in [3.05, 3.63) is 39.9 Å². The number of hydrogen-bond acceptors (Lipinski definition) is 5. The first kappa shape index (κ1) is 18.4. The largest absolute Gasteiger partial charge is 0.453 e. The Kier molecular flexibility index (Phi) is 6.98. The van der Waals surface area contributed by atoms with E-state index < -0.39 is 17.1 Å². The average Bonchev–Trinajstić information content (AvgIpc) is 2.51. The molecule has 1 atom stereocenters. The number of benzene rings is 1. The minimum atomic E-state index is -0.721. The van der Waals surface area contributed by atoms with E-state index in [4.69, 9.17) is 0 Å². The molecule has 0 aliphatic carbocycles. The summed E-state index contributed by atoms with van der Waals surface area (Å²) in [6.07, 6.45) is -0.225. The normalized spacial score (nSPS) is 11.7. The standard InChI is InChI=1S/C15H21N3O5/c1-10(2)7-13(17-15(20)23-3)14(19)16-9-11-5-4-6-12(8-11)18(21)22/h4-6,8,10,13H,7,9H2,1-3H3,(H,16,19)(H,17,20). The first-order valence-corrected chi connectivity index (χ1v) is 7.19. The van der Waals surface area contributed by atoms with Gasteiger partial charge in [0.1, 0.15) is 6.04 Å². The van der Waals surface area contributed by atoms with Crippen molar-refractivity contribution in [1.82, 2.24) is 10.6 Å². The quantitative estimate of drug-likeness (QED) is 0.589. The summed E-state index contributed by atoms with van der Waals surface area (Å²) >= 11 is 0. The van der Waals surface area contributed by atoms with Crippen LogP contribution in [0.25, 0.3) is 0 Å². The summed E-state index contributed by atoms with van der Waals surface area (Å²) < 4.78 is 4.51. The first-order chi connectivity index (χ1) is 10.8. The van der Waals surface area contributed by atoms with E-state index in [1.54, 1.807) is 12.1 Å². The molecule has 0 spiro atoms. The molecule has 23 heavy (non-hydrogen) atoms. The molecule has 1 aromatic rings. The van der Waals surface area contributed by atoms with Gasteiger partial charge in [0.2, 0.25) is 5.91 Å². The van der Waals surface area contributed by atoms with Crippen LogP contribution in [-0.4, -0.2) is 30.1 Å². The van der Waals surface area contributed by atoms with Gasteiger partial charge in [-0.1, -0.05) is 26.0 Å². The minimum Gasteiger partial charge on any atom is -0.453 e. The minimum absolute atomic E-state index is 0.0387. The predicted octanol–water partition coefficient (Wildman–Crippen LogP) is 1.98. The fourth-order valence-electron chi connectivity index (χ4n) is 2.00. The molecule has 0 heterocycles. The molecule has 1 aromatic carbocycles. The summed E-state index contributed by atoms with van der Waals surface area (Å²) in [4.78, 5) is 33.8. The highest BCUT2D eigenvalue weighted by molar-refractivity contribution is 5.85. The van der Waals surface area contributed by atoms with Crippen LogP contribution in [0.3, 0.4) is 0 Å². The molecule has 2 amide bonds. The second-order valence-electron chi connectivity index (χ2n) is 5.46. The number of carbonyl (C=O) groups is 2. The Labute approximate surface area is 134 Å². The number of rotatable bonds is 7. The van der Waals surface area contributed by atoms with Crippen LogP contribution in [0.5, 0.6) is 0 Å². The lowest BCUT2D eigenvalue weighted by atomic mass is 10.0. The Morgan fingerprint density at radius 2 is 2.04 bits per heavy atom. The van der Waals surface area contributed by atoms with Gasteiger partial charge >= 0.3 is 6.09 Å². The zero-order chi connectivity index (χ0) is 17.4. The number of nitro groups is 1. The maximum Gasteiger partial charge on any atom is 0.407 e. The third kappa shape index (κ3) is 6.33. The summed E-state index contributed by atoms with van der Waals surface area (Å²) in [5, 5.41) is 15.9. The van der Waals surface area contributed by atoms with Crippen molar-refractivity contribution in [1.29, 1.82) is 0 Å². The van der Waals surface area contributed by atoms with Gasteiger partial charge in [-0.15, -0.1) is 0 Å². The Morgan fingerprint density at radius 1 is 1.35 bits per heavy atom. The Balaban J connectivity index is 2.69. The molecule has 0 aromatic heterocycles. The Morgan fingerprint density at radius 3 is 2.61 bits per heavy atom. The van der Waals surface area contributed by atoms with E-state index in [-0.39, 0.29) is 24.1 Å². The van der Waals surface area contributed by atoms with E-state index in [1.165, 1.54) is 19.2 Å². The summed E-state index contributed by atoms with van der Waals surface area (Å²) in [7, 11) is 1.22. The predicted molar refractivity (Wildman–Crippen MR) is 83.7 cm³/mol. The number of nitro benzene ring substituents is 1. The molecule has 2 N–H and O–H groups in total. The highest BCUT2D eigenvalue weighted by Gasteiger charge is 2.22. The average molecular weight is 323 g/mol. The molecule has 126 valence electrons. The van der Waals surface area contributed by atoms with Crippen LogP contribution in [0, 0.1) is 16.0 Å². The van der Waals surface area contributed by atoms with Crippen LogP contribution < -0.4 is 10.6 Å². The number of amides is 2. The van der Waals surface area contributed by atoms with Gasteiger partial charge in [0.25, 0.3) is 5.69 Å². The molecule has 8 heteroatoms. The van der Waals surface area contributed by atoms with Crippen molar-refractivity contribution in [2.75, 3.05) is 7.11 Å². The molecule has 0 aliphatic rings. The second kappa shape index (κ2) is 8.72. The zero-order valence-electron chi connectivity index (χ0n) is 13.4. The van der Waals surface area contributed by atoms with E-state index in [2.05, 4.69) is 15.4 Å². The van der Waals surface area contributed by atoms with Crippen molar-refractivity contribution in [3.8, 4) is 0 Å². The number of alkyl carbamates (subject to hydrolysis) is 1. The fourth-order valence-corrected chi connectivity index (χ4v) is 2.00. The SMILES string of the molecule is COC(=O)NC(CC(C)C)C(=O)NCc1cccc([N+](=O)[O-])c1. The van der Waals surface area contributed by atoms with Gasteiger partial charge in [0.05, 0.1) is 12.0 Å². The van der Waals surface area contributed by atoms with Crippen molar-refractivity contribution in [2.24, 2.45) is 5.92 Å². The lowest BCUT2D eigenvalue weighted by Crippen LogP contribution is -2.47. The molecular weight excluding hydrogens is 302 g/mol. The second-order valence-corrected chi connectivity index (χ2v) is 5.46. The number of nitrogens with one attached hydrogen (secondary N) is 2. The van der Waals surface area contributed by atoms with E-state index >= 15 is 0 Å². The van der Waals surface area contributed by atoms with Gasteiger partial charge in [0.15, 0.2) is 0 Å². The van der Waals surface area contributed by atoms with Gasteiger partial charge < -0.3 is 15.4 Å². The van der Waals surface area contributed by atoms with Crippen molar-refractivity contribution in [3.63, 3.8) is 0 Å². The first-order valence-electron chi connectivity index (χ1n) is 7.19. The molecule has 0 aliphatic heterocycles. The maximum absolute atomic E-state index is 12.2. The van der Waals surface area contributed by atoms with Crippen LogP contribution in [-0.2, 0) is 16.1 Å². The number of carbonyl (C=O) groups excluding carboxylic acids is 2. The van der Waals surface area contributed by atoms with Gasteiger partial charge in [-0.2, -0.15) is 0 Å². The van der Waals surface area contributed by atoms with E-state index in [1.807, 2.05) is 13.8 Å². The summed E-state index contributed by atoms with van der Waals surface area (Å²) in [6.45, 7) is 4.00. The molecule has 0 fully saturated rings. The third-order valence-electron chi connectivity index (χ3n) is 3.09. The van der Waals surface area contributed by atoms with Gasteiger partial charge in [-0.3, -0.25) is 14.9 Å². The van der Waals surface area contributed by atoms with Crippen LogP contribution in [0.1, 0.15) is 25.8 Å². The van der Waals surface area contributed by atoms with Gasteiger partial charge in [0, 0.05) is 18.7 Å².